The van der Waals surface area contributed by atoms with E-state index in [-0.39, 0.29) is 23.6 Å². The summed E-state index contributed by atoms with van der Waals surface area (Å²) in [7, 11) is 0. The van der Waals surface area contributed by atoms with Crippen molar-refractivity contribution in [3.05, 3.63) is 28.6 Å². The van der Waals surface area contributed by atoms with Crippen LogP contribution in [0.4, 0.5) is 0 Å². The lowest BCUT2D eigenvalue weighted by Crippen LogP contribution is -2.47. The second-order valence-corrected chi connectivity index (χ2v) is 8.62. The van der Waals surface area contributed by atoms with Crippen LogP contribution >= 0.6 is 0 Å². The Morgan fingerprint density at radius 2 is 1.93 bits per heavy atom. The molecular weight excluding hydrogens is 352 g/mol. The van der Waals surface area contributed by atoms with Gasteiger partial charge in [-0.1, -0.05) is 13.8 Å². The second-order valence-electron chi connectivity index (χ2n) is 8.62. The van der Waals surface area contributed by atoms with Gasteiger partial charge in [0.05, 0.1) is 6.54 Å². The lowest BCUT2D eigenvalue weighted by Gasteiger charge is -2.24. The molecule has 2 amide bonds. The van der Waals surface area contributed by atoms with Gasteiger partial charge in [-0.2, -0.15) is 5.26 Å². The number of amides is 2. The fourth-order valence-electron chi connectivity index (χ4n) is 3.05. The van der Waals surface area contributed by atoms with Crippen LogP contribution in [0.25, 0.3) is 6.08 Å². The van der Waals surface area contributed by atoms with Crippen molar-refractivity contribution < 1.29 is 9.59 Å². The second kappa shape index (κ2) is 9.59. The zero-order valence-electron chi connectivity index (χ0n) is 18.5. The number of aryl methyl sites for hydroxylation is 1. The van der Waals surface area contributed by atoms with E-state index in [1.165, 1.54) is 4.90 Å². The highest BCUT2D eigenvalue weighted by atomic mass is 16.2. The average Bonchev–Trinajstić information content (AvgIpc) is 2.82. The molecule has 0 aliphatic carbocycles. The fourth-order valence-corrected chi connectivity index (χ4v) is 3.05. The number of likely N-dealkylation sites (N-methyl/N-ethyl adjacent to an activating group) is 1. The highest BCUT2D eigenvalue weighted by Gasteiger charge is 2.22. The van der Waals surface area contributed by atoms with Crippen molar-refractivity contribution in [3.63, 3.8) is 0 Å². The van der Waals surface area contributed by atoms with Gasteiger partial charge < -0.3 is 14.8 Å². The van der Waals surface area contributed by atoms with Crippen molar-refractivity contribution >= 4 is 17.9 Å². The number of nitriles is 1. The first-order chi connectivity index (χ1) is 12.9. The molecule has 0 aromatic carbocycles. The number of carbonyl (C=O) groups excluding carboxylic acids is 2. The molecule has 28 heavy (non-hydrogen) atoms. The molecule has 0 aliphatic heterocycles. The largest absolute Gasteiger partial charge is 0.350 e. The normalized spacial score (nSPS) is 12.1. The maximum absolute atomic E-state index is 12.8. The smallest absolute Gasteiger partial charge is 0.264 e. The molecule has 1 aromatic rings. The van der Waals surface area contributed by atoms with Crippen LogP contribution in [0.3, 0.4) is 0 Å². The van der Waals surface area contributed by atoms with Crippen molar-refractivity contribution in [1.82, 2.24) is 14.8 Å². The summed E-state index contributed by atoms with van der Waals surface area (Å²) in [5.74, 6) is -0.173. The Balaban J connectivity index is 3.10. The number of carbonyl (C=O) groups is 2. The molecule has 1 N–H and O–H groups in total. The molecule has 6 heteroatoms. The molecule has 0 bridgehead atoms. The van der Waals surface area contributed by atoms with E-state index >= 15 is 0 Å². The molecule has 0 saturated carbocycles. The molecule has 0 saturated heterocycles. The topological polar surface area (TPSA) is 78.1 Å². The molecule has 6 nitrogen and oxygen atoms in total. The predicted octanol–water partition coefficient (Wildman–Crippen LogP) is 3.43. The Morgan fingerprint density at radius 1 is 1.32 bits per heavy atom. The quantitative estimate of drug-likeness (QED) is 0.576. The van der Waals surface area contributed by atoms with Gasteiger partial charge in [0.25, 0.3) is 5.91 Å². The number of rotatable bonds is 7. The summed E-state index contributed by atoms with van der Waals surface area (Å²) in [5.41, 5.74) is 2.65. The van der Waals surface area contributed by atoms with Gasteiger partial charge in [-0.15, -0.1) is 0 Å². The van der Waals surface area contributed by atoms with E-state index in [9.17, 15) is 14.9 Å². The Bertz CT molecular complexity index is 789. The van der Waals surface area contributed by atoms with E-state index in [1.807, 2.05) is 46.8 Å². The monoisotopic (exact) mass is 386 g/mol. The third-order valence-corrected chi connectivity index (χ3v) is 4.33. The van der Waals surface area contributed by atoms with E-state index in [4.69, 9.17) is 0 Å². The SMILES string of the molecule is CCN(CC(=O)NC(C)(C)C)C(=O)C(C#N)=Cc1cc(C)n(CC(C)C)c1C. The minimum absolute atomic E-state index is 0.0372. The minimum atomic E-state index is -0.428. The minimum Gasteiger partial charge on any atom is -0.350 e. The zero-order valence-corrected chi connectivity index (χ0v) is 18.5. The number of nitrogens with zero attached hydrogens (tertiary/aromatic N) is 3. The summed E-state index contributed by atoms with van der Waals surface area (Å²) >= 11 is 0. The van der Waals surface area contributed by atoms with Gasteiger partial charge in [0, 0.05) is 30.0 Å². The number of aromatic nitrogens is 1. The molecule has 0 fully saturated rings. The Labute approximate surface area is 169 Å². The van der Waals surface area contributed by atoms with Crippen LogP contribution in [0.15, 0.2) is 11.6 Å². The summed E-state index contributed by atoms with van der Waals surface area (Å²) in [4.78, 5) is 26.4. The predicted molar refractivity (Wildman–Crippen MR) is 112 cm³/mol. The molecule has 0 unspecified atom stereocenters. The highest BCUT2D eigenvalue weighted by Crippen LogP contribution is 2.20. The summed E-state index contributed by atoms with van der Waals surface area (Å²) in [6.45, 7) is 16.9. The van der Waals surface area contributed by atoms with Crippen molar-refractivity contribution in [1.29, 1.82) is 5.26 Å². The van der Waals surface area contributed by atoms with Crippen LogP contribution < -0.4 is 5.32 Å². The van der Waals surface area contributed by atoms with Gasteiger partial charge in [-0.3, -0.25) is 9.59 Å². The molecule has 154 valence electrons. The van der Waals surface area contributed by atoms with Crippen LogP contribution in [-0.2, 0) is 16.1 Å². The summed E-state index contributed by atoms with van der Waals surface area (Å²) in [6.07, 6.45) is 1.63. The summed E-state index contributed by atoms with van der Waals surface area (Å²) < 4.78 is 2.20. The first-order valence-electron chi connectivity index (χ1n) is 9.78. The maximum Gasteiger partial charge on any atom is 0.264 e. The standard InChI is InChI=1S/C22H34N4O2/c1-9-25(14-20(27)24-22(6,7)8)21(28)19(12-23)11-18-10-16(4)26(17(18)5)13-15(2)3/h10-11,15H,9,13-14H2,1-8H3,(H,24,27). The summed E-state index contributed by atoms with van der Waals surface area (Å²) in [5, 5.41) is 12.4. The highest BCUT2D eigenvalue weighted by molar-refractivity contribution is 6.03. The van der Waals surface area contributed by atoms with Crippen molar-refractivity contribution in [3.8, 4) is 6.07 Å². The Morgan fingerprint density at radius 3 is 2.39 bits per heavy atom. The van der Waals surface area contributed by atoms with Gasteiger partial charge in [0.15, 0.2) is 0 Å². The number of hydrogen-bond donors (Lipinski definition) is 1. The number of nitrogens with one attached hydrogen (secondary N) is 1. The molecule has 0 radical (unpaired) electrons. The van der Waals surface area contributed by atoms with Gasteiger partial charge in [0.2, 0.25) is 5.91 Å². The van der Waals surface area contributed by atoms with Gasteiger partial charge in [-0.05, 0) is 65.2 Å². The van der Waals surface area contributed by atoms with E-state index in [0.717, 1.165) is 23.5 Å². The Kier molecular flexibility index (Phi) is 8.04. The van der Waals surface area contributed by atoms with Crippen LogP contribution in [-0.4, -0.2) is 39.9 Å². The lowest BCUT2D eigenvalue weighted by atomic mass is 10.1. The van der Waals surface area contributed by atoms with Crippen LogP contribution in [0.2, 0.25) is 0 Å². The molecule has 0 atom stereocenters. The van der Waals surface area contributed by atoms with Gasteiger partial charge in [0.1, 0.15) is 11.6 Å². The fraction of sp³-hybridized carbons (Fsp3) is 0.591. The van der Waals surface area contributed by atoms with E-state index in [2.05, 4.69) is 23.7 Å². The van der Waals surface area contributed by atoms with Gasteiger partial charge >= 0.3 is 0 Å². The van der Waals surface area contributed by atoms with Crippen molar-refractivity contribution in [2.75, 3.05) is 13.1 Å². The van der Waals surface area contributed by atoms with Crippen molar-refractivity contribution in [2.45, 2.75) is 67.5 Å². The van der Waals surface area contributed by atoms with Crippen LogP contribution in [0.1, 0.15) is 58.5 Å². The first kappa shape index (κ1) is 23.5. The molecular formula is C22H34N4O2. The lowest BCUT2D eigenvalue weighted by molar-refractivity contribution is -0.133. The van der Waals surface area contributed by atoms with E-state index in [0.29, 0.717) is 12.5 Å². The van der Waals surface area contributed by atoms with Crippen LogP contribution in [0, 0.1) is 31.1 Å². The maximum atomic E-state index is 12.8. The molecule has 1 aromatic heterocycles. The third kappa shape index (κ3) is 6.56. The van der Waals surface area contributed by atoms with Gasteiger partial charge in [-0.25, -0.2) is 0 Å². The van der Waals surface area contributed by atoms with E-state index in [1.54, 1.807) is 13.0 Å². The molecule has 0 spiro atoms. The van der Waals surface area contributed by atoms with E-state index < -0.39 is 5.91 Å². The molecule has 1 rings (SSSR count). The Hall–Kier alpha value is -2.55. The summed E-state index contributed by atoms with van der Waals surface area (Å²) in [6, 6.07) is 4.00. The third-order valence-electron chi connectivity index (χ3n) is 4.33. The van der Waals surface area contributed by atoms with Crippen molar-refractivity contribution in [2.24, 2.45) is 5.92 Å². The zero-order chi connectivity index (χ0) is 21.6. The number of hydrogen-bond acceptors (Lipinski definition) is 3. The molecule has 1 heterocycles. The van der Waals surface area contributed by atoms with Crippen LogP contribution in [0.5, 0.6) is 0 Å². The average molecular weight is 387 g/mol. The molecule has 0 aliphatic rings. The first-order valence-corrected chi connectivity index (χ1v) is 9.78.